The molecule has 7 heteroatoms. The molecular weight excluding hydrogens is 832 g/mol. The highest BCUT2D eigenvalue weighted by Gasteiger charge is 2.47. The lowest BCUT2D eigenvalue weighted by molar-refractivity contribution is 0.591. The van der Waals surface area contributed by atoms with E-state index in [1.807, 2.05) is 46.9 Å². The fourth-order valence-electron chi connectivity index (χ4n) is 10.2. The number of benzene rings is 7. The summed E-state index contributed by atoms with van der Waals surface area (Å²) >= 11 is 3.83. The van der Waals surface area contributed by atoms with Crippen molar-refractivity contribution < 1.29 is 8.83 Å². The van der Waals surface area contributed by atoms with Gasteiger partial charge in [0.1, 0.15) is 22.7 Å². The minimum absolute atomic E-state index is 0.00728. The number of furan rings is 2. The van der Waals surface area contributed by atoms with Crippen LogP contribution in [0.15, 0.2) is 173 Å². The number of fused-ring (bicyclic) bond motifs is 10. The number of hydrogen-bond acceptors (Lipinski definition) is 6. The average Bonchev–Trinajstić information content (AvgIpc) is 4.11. The predicted molar refractivity (Wildman–Crippen MR) is 279 cm³/mol. The second-order valence-corrected chi connectivity index (χ2v) is 21.8. The van der Waals surface area contributed by atoms with Crippen molar-refractivity contribution in [3.05, 3.63) is 175 Å². The summed E-state index contributed by atoms with van der Waals surface area (Å²) in [6.07, 6.45) is 0. The van der Waals surface area contributed by atoms with E-state index in [1.54, 1.807) is 0 Å². The lowest BCUT2D eigenvalue weighted by Crippen LogP contribution is -2.60. The maximum atomic E-state index is 6.35. The Bertz CT molecular complexity index is 3400. The summed E-state index contributed by atoms with van der Waals surface area (Å²) in [7, 11) is 0. The minimum Gasteiger partial charge on any atom is -0.456 e. The highest BCUT2D eigenvalue weighted by molar-refractivity contribution is 7.29. The molecule has 6 heterocycles. The SMILES string of the molecule is CC(C)(C)c1ccc2sc3c(c2c1)B1c2c(cccc2N(c2ccc(-c4cc5ccccc5o4)cc2)c2sc4ccc(C(C)(C)C)cc4c21)N3c1ccc(-c2cc3ccccc3o2)cc1. The lowest BCUT2D eigenvalue weighted by atomic mass is 9.33. The van der Waals surface area contributed by atoms with Gasteiger partial charge in [-0.2, -0.15) is 0 Å². The molecule has 0 spiro atoms. The number of thiophene rings is 2. The first-order valence-corrected chi connectivity index (χ1v) is 24.1. The molecule has 13 rings (SSSR count). The van der Waals surface area contributed by atoms with Crippen molar-refractivity contribution in [1.82, 2.24) is 0 Å². The van der Waals surface area contributed by atoms with E-state index in [0.29, 0.717) is 0 Å². The van der Waals surface area contributed by atoms with Gasteiger partial charge in [-0.25, -0.2) is 0 Å². The fourth-order valence-corrected chi connectivity index (χ4v) is 12.7. The first-order chi connectivity index (χ1) is 31.5. The Morgan fingerprint density at radius 2 is 0.862 bits per heavy atom. The van der Waals surface area contributed by atoms with Crippen LogP contribution in [0.4, 0.5) is 32.8 Å². The Hall–Kier alpha value is -6.80. The number of para-hydroxylation sites is 2. The van der Waals surface area contributed by atoms with Gasteiger partial charge in [0, 0.05) is 54.0 Å². The van der Waals surface area contributed by atoms with Crippen LogP contribution in [0.2, 0.25) is 0 Å². The van der Waals surface area contributed by atoms with Gasteiger partial charge in [-0.3, -0.25) is 0 Å². The van der Waals surface area contributed by atoms with Crippen molar-refractivity contribution in [2.24, 2.45) is 0 Å². The van der Waals surface area contributed by atoms with E-state index in [9.17, 15) is 0 Å². The first kappa shape index (κ1) is 38.6. The van der Waals surface area contributed by atoms with Crippen LogP contribution in [0, 0.1) is 0 Å². The topological polar surface area (TPSA) is 32.8 Å². The highest BCUT2D eigenvalue weighted by atomic mass is 32.1. The maximum Gasteiger partial charge on any atom is 0.256 e. The second-order valence-electron chi connectivity index (χ2n) is 19.8. The van der Waals surface area contributed by atoms with Crippen LogP contribution in [-0.2, 0) is 10.8 Å². The molecule has 0 unspecified atom stereocenters. The molecule has 0 saturated heterocycles. The molecule has 0 atom stereocenters. The molecule has 0 amide bonds. The zero-order valence-corrected chi connectivity index (χ0v) is 38.8. The summed E-state index contributed by atoms with van der Waals surface area (Å²) in [6, 6.07) is 60.1. The first-order valence-electron chi connectivity index (χ1n) is 22.5. The van der Waals surface area contributed by atoms with Crippen LogP contribution in [0.25, 0.3) is 64.8 Å². The number of hydrogen-bond donors (Lipinski definition) is 0. The van der Waals surface area contributed by atoms with E-state index >= 15 is 0 Å². The smallest absolute Gasteiger partial charge is 0.256 e. The van der Waals surface area contributed by atoms with E-state index in [2.05, 4.69) is 191 Å². The summed E-state index contributed by atoms with van der Waals surface area (Å²) in [5.74, 6) is 1.75. The van der Waals surface area contributed by atoms with Crippen LogP contribution < -0.4 is 26.2 Å². The van der Waals surface area contributed by atoms with Crippen molar-refractivity contribution >= 4 is 121 Å². The van der Waals surface area contributed by atoms with Crippen molar-refractivity contribution in [2.75, 3.05) is 9.80 Å². The molecule has 4 aromatic heterocycles. The Labute approximate surface area is 387 Å². The van der Waals surface area contributed by atoms with Gasteiger partial charge >= 0.3 is 0 Å². The van der Waals surface area contributed by atoms with E-state index in [4.69, 9.17) is 8.83 Å². The van der Waals surface area contributed by atoms with Crippen LogP contribution in [-0.4, -0.2) is 6.71 Å². The van der Waals surface area contributed by atoms with Gasteiger partial charge in [-0.15, -0.1) is 22.7 Å². The van der Waals surface area contributed by atoms with Crippen molar-refractivity contribution in [2.45, 2.75) is 52.4 Å². The third kappa shape index (κ3) is 5.95. The van der Waals surface area contributed by atoms with Gasteiger partial charge < -0.3 is 18.6 Å². The van der Waals surface area contributed by atoms with Crippen LogP contribution in [0.3, 0.4) is 0 Å². The quantitative estimate of drug-likeness (QED) is 0.165. The van der Waals surface area contributed by atoms with Gasteiger partial charge in [0.05, 0.1) is 10.0 Å². The van der Waals surface area contributed by atoms with Crippen LogP contribution in [0.1, 0.15) is 52.7 Å². The van der Waals surface area contributed by atoms with Gasteiger partial charge in [0.2, 0.25) is 0 Å². The van der Waals surface area contributed by atoms with Crippen LogP contribution >= 0.6 is 22.7 Å². The molecule has 0 saturated carbocycles. The normalized spacial score (nSPS) is 13.6. The summed E-state index contributed by atoms with van der Waals surface area (Å²) in [4.78, 5) is 5.08. The average molecular weight is 877 g/mol. The maximum absolute atomic E-state index is 6.35. The molecule has 0 N–H and O–H groups in total. The highest BCUT2D eigenvalue weighted by Crippen LogP contribution is 2.51. The number of anilines is 6. The zero-order valence-electron chi connectivity index (χ0n) is 37.2. The van der Waals surface area contributed by atoms with Crippen molar-refractivity contribution in [1.29, 1.82) is 0 Å². The third-order valence-corrected chi connectivity index (χ3v) is 16.0. The van der Waals surface area contributed by atoms with Gasteiger partial charge in [-0.05, 0) is 146 Å². The third-order valence-electron chi connectivity index (χ3n) is 13.6. The molecule has 0 bridgehead atoms. The minimum atomic E-state index is -0.00728. The molecule has 2 aliphatic rings. The standard InChI is InChI=1S/C58H45BN2O2S2/c1-57(2,3)38-22-28-50-42(32-38)52-55(64-50)60(40-24-18-34(19-25-40)48-30-36-12-7-9-16-46(36)62-48)44-14-11-15-45-54(44)59(52)53-43-33-39(58(4,5)6)23-29-51(43)65-56(53)61(45)41-26-20-35(21-27-41)49-31-37-13-8-10-17-47(37)63-49/h7-33H,1-6H3. The lowest BCUT2D eigenvalue weighted by Gasteiger charge is -2.42. The van der Waals surface area contributed by atoms with E-state index in [1.165, 1.54) is 69.1 Å². The number of nitrogens with zero attached hydrogens (tertiary/aromatic N) is 2. The summed E-state index contributed by atoms with van der Waals surface area (Å²) in [6.45, 7) is 14.0. The van der Waals surface area contributed by atoms with E-state index < -0.39 is 0 Å². The summed E-state index contributed by atoms with van der Waals surface area (Å²) in [5.41, 5.74) is 15.4. The van der Waals surface area contributed by atoms with Crippen molar-refractivity contribution in [3.8, 4) is 22.6 Å². The van der Waals surface area contributed by atoms with E-state index in [-0.39, 0.29) is 17.5 Å². The predicted octanol–water partition coefficient (Wildman–Crippen LogP) is 15.6. The Balaban J connectivity index is 1.06. The summed E-state index contributed by atoms with van der Waals surface area (Å²) in [5, 5.41) is 7.45. The van der Waals surface area contributed by atoms with E-state index in [0.717, 1.165) is 56.0 Å². The summed E-state index contributed by atoms with van der Waals surface area (Å²) < 4.78 is 15.3. The molecule has 0 aliphatic carbocycles. The fraction of sp³-hybridized carbons (Fsp3) is 0.138. The zero-order chi connectivity index (χ0) is 43.9. The Morgan fingerprint density at radius 3 is 1.28 bits per heavy atom. The molecule has 11 aromatic rings. The van der Waals surface area contributed by atoms with Gasteiger partial charge in [0.25, 0.3) is 6.71 Å². The molecule has 65 heavy (non-hydrogen) atoms. The largest absolute Gasteiger partial charge is 0.456 e. The molecule has 7 aromatic carbocycles. The van der Waals surface area contributed by atoms with Gasteiger partial charge in [-0.1, -0.05) is 108 Å². The molecule has 314 valence electrons. The van der Waals surface area contributed by atoms with Gasteiger partial charge in [0.15, 0.2) is 0 Å². The molecular formula is C58H45BN2O2S2. The van der Waals surface area contributed by atoms with Crippen LogP contribution in [0.5, 0.6) is 0 Å². The van der Waals surface area contributed by atoms with Crippen molar-refractivity contribution in [3.63, 3.8) is 0 Å². The molecule has 2 aliphatic heterocycles. The Morgan fingerprint density at radius 1 is 0.431 bits per heavy atom. The Kier molecular flexibility index (Phi) is 8.24. The molecule has 0 radical (unpaired) electrons. The monoisotopic (exact) mass is 876 g/mol. The molecule has 4 nitrogen and oxygen atoms in total. The second kappa shape index (κ2) is 13.9. The molecule has 0 fully saturated rings. The number of rotatable bonds is 4.